The molecule has 1 aliphatic heterocycles. The lowest BCUT2D eigenvalue weighted by molar-refractivity contribution is 0.0905. The van der Waals surface area contributed by atoms with Crippen molar-refractivity contribution in [1.29, 1.82) is 0 Å². The summed E-state index contributed by atoms with van der Waals surface area (Å²) in [6, 6.07) is 13.4. The predicted octanol–water partition coefficient (Wildman–Crippen LogP) is 2.20. The van der Waals surface area contributed by atoms with Crippen molar-refractivity contribution in [3.05, 3.63) is 59.7 Å². The van der Waals surface area contributed by atoms with Gasteiger partial charge in [0.1, 0.15) is 0 Å². The first-order chi connectivity index (χ1) is 12.4. The number of nitrogens with one attached hydrogen (secondary N) is 1. The van der Waals surface area contributed by atoms with Crippen LogP contribution in [0.25, 0.3) is 0 Å². The summed E-state index contributed by atoms with van der Waals surface area (Å²) in [7, 11) is -2.01. The summed E-state index contributed by atoms with van der Waals surface area (Å²) in [5.74, 6) is -0.193. The number of rotatable bonds is 6. The molecule has 2 aromatic rings. The van der Waals surface area contributed by atoms with E-state index in [0.29, 0.717) is 30.8 Å². The van der Waals surface area contributed by atoms with Gasteiger partial charge in [-0.15, -0.1) is 0 Å². The maximum Gasteiger partial charge on any atom is 0.264 e. The van der Waals surface area contributed by atoms with Gasteiger partial charge in [-0.3, -0.25) is 9.10 Å². The van der Waals surface area contributed by atoms with Crippen LogP contribution in [0.3, 0.4) is 0 Å². The number of nitrogens with zero attached hydrogens (tertiary/aromatic N) is 1. The first-order valence-electron chi connectivity index (χ1n) is 8.44. The highest BCUT2D eigenvalue weighted by molar-refractivity contribution is 7.92. The molecule has 0 spiro atoms. The average molecular weight is 374 g/mol. The average Bonchev–Trinajstić information content (AvgIpc) is 3.06. The number of benzene rings is 2. The van der Waals surface area contributed by atoms with E-state index in [4.69, 9.17) is 4.74 Å². The standard InChI is InChI=1S/C19H22N2O4S/c1-14(13-25-2)20-19(22)16-8-9-18-15(12-16)10-11-21(18)26(23,24)17-6-4-3-5-7-17/h3-9,12,14H,10-11,13H2,1-2H3,(H,20,22). The number of methoxy groups -OCH3 is 1. The Hall–Kier alpha value is -2.38. The summed E-state index contributed by atoms with van der Waals surface area (Å²) in [4.78, 5) is 12.6. The Bertz CT molecular complexity index is 897. The first kappa shape index (κ1) is 18.4. The van der Waals surface area contributed by atoms with Gasteiger partial charge in [0.2, 0.25) is 0 Å². The maximum absolute atomic E-state index is 12.9. The molecule has 1 atom stereocenters. The monoisotopic (exact) mass is 374 g/mol. The van der Waals surface area contributed by atoms with Crippen molar-refractivity contribution >= 4 is 21.6 Å². The lowest BCUT2D eigenvalue weighted by atomic mass is 10.1. The molecule has 1 unspecified atom stereocenters. The molecule has 3 rings (SSSR count). The van der Waals surface area contributed by atoms with E-state index in [1.165, 1.54) is 4.31 Å². The molecule has 0 saturated heterocycles. The Morgan fingerprint density at radius 3 is 2.65 bits per heavy atom. The lowest BCUT2D eigenvalue weighted by Crippen LogP contribution is -2.35. The van der Waals surface area contributed by atoms with Gasteiger partial charge < -0.3 is 10.1 Å². The largest absolute Gasteiger partial charge is 0.383 e. The number of hydrogen-bond donors (Lipinski definition) is 1. The fourth-order valence-electron chi connectivity index (χ4n) is 3.08. The Morgan fingerprint density at radius 2 is 1.96 bits per heavy atom. The van der Waals surface area contributed by atoms with Crippen LogP contribution < -0.4 is 9.62 Å². The van der Waals surface area contributed by atoms with Crippen LogP contribution in [0.1, 0.15) is 22.8 Å². The van der Waals surface area contributed by atoms with E-state index in [1.54, 1.807) is 55.6 Å². The maximum atomic E-state index is 12.9. The number of fused-ring (bicyclic) bond motifs is 1. The minimum absolute atomic E-state index is 0.101. The summed E-state index contributed by atoms with van der Waals surface area (Å²) in [6.07, 6.45) is 0.580. The molecule has 0 bridgehead atoms. The van der Waals surface area contributed by atoms with Crippen molar-refractivity contribution in [1.82, 2.24) is 5.32 Å². The van der Waals surface area contributed by atoms with Gasteiger partial charge in [-0.25, -0.2) is 8.42 Å². The molecule has 7 heteroatoms. The van der Waals surface area contributed by atoms with Crippen molar-refractivity contribution < 1.29 is 17.9 Å². The second kappa shape index (κ2) is 7.47. The van der Waals surface area contributed by atoms with E-state index in [-0.39, 0.29) is 16.8 Å². The number of carbonyl (C=O) groups excluding carboxylic acids is 1. The molecule has 1 N–H and O–H groups in total. The van der Waals surface area contributed by atoms with Crippen LogP contribution >= 0.6 is 0 Å². The molecule has 0 saturated carbocycles. The van der Waals surface area contributed by atoms with Crippen LogP contribution in [0.15, 0.2) is 53.4 Å². The number of anilines is 1. The van der Waals surface area contributed by atoms with Gasteiger partial charge in [0.15, 0.2) is 0 Å². The summed E-state index contributed by atoms with van der Waals surface area (Å²) in [5.41, 5.74) is 2.01. The molecule has 0 radical (unpaired) electrons. The van der Waals surface area contributed by atoms with Gasteiger partial charge in [0.25, 0.3) is 15.9 Å². The molecule has 0 fully saturated rings. The highest BCUT2D eigenvalue weighted by Crippen LogP contribution is 2.33. The Kier molecular flexibility index (Phi) is 5.29. The molecule has 0 aromatic heterocycles. The summed E-state index contributed by atoms with van der Waals surface area (Å²) >= 11 is 0. The van der Waals surface area contributed by atoms with E-state index in [2.05, 4.69) is 5.32 Å². The zero-order chi connectivity index (χ0) is 18.7. The van der Waals surface area contributed by atoms with Gasteiger partial charge in [-0.2, -0.15) is 0 Å². The molecule has 138 valence electrons. The van der Waals surface area contributed by atoms with Crippen LogP contribution in [0.2, 0.25) is 0 Å². The second-order valence-electron chi connectivity index (χ2n) is 6.31. The molecule has 0 aliphatic carbocycles. The van der Waals surface area contributed by atoms with Crippen molar-refractivity contribution in [2.24, 2.45) is 0 Å². The van der Waals surface area contributed by atoms with E-state index >= 15 is 0 Å². The molecule has 1 aliphatic rings. The van der Waals surface area contributed by atoms with Crippen molar-refractivity contribution in [2.75, 3.05) is 24.6 Å². The number of amides is 1. The van der Waals surface area contributed by atoms with Crippen LogP contribution in [0.5, 0.6) is 0 Å². The van der Waals surface area contributed by atoms with Crippen LogP contribution in [0, 0.1) is 0 Å². The molecule has 1 amide bonds. The van der Waals surface area contributed by atoms with Gasteiger partial charge in [0.05, 0.1) is 17.2 Å². The van der Waals surface area contributed by atoms with E-state index in [9.17, 15) is 13.2 Å². The number of ether oxygens (including phenoxy) is 1. The zero-order valence-electron chi connectivity index (χ0n) is 14.8. The van der Waals surface area contributed by atoms with Gasteiger partial charge in [0, 0.05) is 25.3 Å². The van der Waals surface area contributed by atoms with Crippen molar-refractivity contribution in [3.8, 4) is 0 Å². The predicted molar refractivity (Wildman–Crippen MR) is 99.9 cm³/mol. The quantitative estimate of drug-likeness (QED) is 0.841. The molecular weight excluding hydrogens is 352 g/mol. The van der Waals surface area contributed by atoms with E-state index in [1.807, 2.05) is 6.92 Å². The number of sulfonamides is 1. The number of carbonyl (C=O) groups is 1. The SMILES string of the molecule is COCC(C)NC(=O)c1ccc2c(c1)CCN2S(=O)(=O)c1ccccc1. The smallest absolute Gasteiger partial charge is 0.264 e. The van der Waals surface area contributed by atoms with Crippen LogP contribution in [-0.4, -0.2) is 40.6 Å². The molecule has 6 nitrogen and oxygen atoms in total. The Morgan fingerprint density at radius 1 is 1.23 bits per heavy atom. The normalized spacial score (nSPS) is 14.8. The molecular formula is C19H22N2O4S. The summed E-state index contributed by atoms with van der Waals surface area (Å²) in [6.45, 7) is 2.67. The van der Waals surface area contributed by atoms with Gasteiger partial charge in [-0.1, -0.05) is 18.2 Å². The third-order valence-electron chi connectivity index (χ3n) is 4.32. The minimum atomic E-state index is -3.60. The summed E-state index contributed by atoms with van der Waals surface area (Å²) in [5, 5.41) is 2.86. The van der Waals surface area contributed by atoms with E-state index < -0.39 is 10.0 Å². The van der Waals surface area contributed by atoms with Crippen LogP contribution in [-0.2, 0) is 21.2 Å². The van der Waals surface area contributed by atoms with Crippen molar-refractivity contribution in [3.63, 3.8) is 0 Å². The molecule has 2 aromatic carbocycles. The lowest BCUT2D eigenvalue weighted by Gasteiger charge is -2.20. The highest BCUT2D eigenvalue weighted by atomic mass is 32.2. The third-order valence-corrected chi connectivity index (χ3v) is 6.15. The highest BCUT2D eigenvalue weighted by Gasteiger charge is 2.31. The zero-order valence-corrected chi connectivity index (χ0v) is 15.6. The third kappa shape index (κ3) is 3.59. The second-order valence-corrected chi connectivity index (χ2v) is 8.18. The van der Waals surface area contributed by atoms with Crippen molar-refractivity contribution in [2.45, 2.75) is 24.3 Å². The fraction of sp³-hybridized carbons (Fsp3) is 0.316. The Labute approximate surface area is 153 Å². The molecule has 26 heavy (non-hydrogen) atoms. The number of hydrogen-bond acceptors (Lipinski definition) is 4. The van der Waals surface area contributed by atoms with Gasteiger partial charge in [-0.05, 0) is 49.2 Å². The first-order valence-corrected chi connectivity index (χ1v) is 9.88. The molecule has 1 heterocycles. The Balaban J connectivity index is 1.84. The van der Waals surface area contributed by atoms with E-state index in [0.717, 1.165) is 5.56 Å². The fourth-order valence-corrected chi connectivity index (χ4v) is 4.61. The minimum Gasteiger partial charge on any atom is -0.383 e. The van der Waals surface area contributed by atoms with Gasteiger partial charge >= 0.3 is 0 Å². The summed E-state index contributed by atoms with van der Waals surface area (Å²) < 4.78 is 32.2. The van der Waals surface area contributed by atoms with Crippen LogP contribution in [0.4, 0.5) is 5.69 Å². The topological polar surface area (TPSA) is 75.7 Å².